The van der Waals surface area contributed by atoms with Crippen molar-refractivity contribution in [1.29, 1.82) is 5.26 Å². The van der Waals surface area contributed by atoms with E-state index in [4.69, 9.17) is 21.3 Å². The molecule has 0 aliphatic carbocycles. The van der Waals surface area contributed by atoms with Crippen molar-refractivity contribution in [3.8, 4) is 17.4 Å². The SMILES string of the molecule is N#Cc1cccc(NC(=O)c2ncoc2-c2ccccc2Cl)c1. The summed E-state index contributed by atoms with van der Waals surface area (Å²) in [6, 6.07) is 15.7. The van der Waals surface area contributed by atoms with Crippen LogP contribution in [0.5, 0.6) is 0 Å². The van der Waals surface area contributed by atoms with Gasteiger partial charge in [-0.1, -0.05) is 29.8 Å². The zero-order chi connectivity index (χ0) is 16.2. The minimum atomic E-state index is -0.441. The lowest BCUT2D eigenvalue weighted by molar-refractivity contribution is 0.102. The first kappa shape index (κ1) is 14.8. The molecule has 0 unspecified atom stereocenters. The van der Waals surface area contributed by atoms with Crippen LogP contribution in [0.3, 0.4) is 0 Å². The molecule has 112 valence electrons. The van der Waals surface area contributed by atoms with E-state index in [1.54, 1.807) is 48.5 Å². The molecule has 1 aromatic heterocycles. The van der Waals surface area contributed by atoms with Gasteiger partial charge in [-0.05, 0) is 30.3 Å². The number of nitrogens with one attached hydrogen (secondary N) is 1. The third kappa shape index (κ3) is 3.07. The second-order valence-corrected chi connectivity index (χ2v) is 5.06. The van der Waals surface area contributed by atoms with E-state index < -0.39 is 5.91 Å². The fourth-order valence-corrected chi connectivity index (χ4v) is 2.32. The maximum atomic E-state index is 12.4. The first-order valence-corrected chi connectivity index (χ1v) is 7.07. The number of carbonyl (C=O) groups is 1. The van der Waals surface area contributed by atoms with Crippen molar-refractivity contribution in [2.45, 2.75) is 0 Å². The average molecular weight is 324 g/mol. The number of anilines is 1. The summed E-state index contributed by atoms with van der Waals surface area (Å²) in [5, 5.41) is 12.1. The molecule has 0 saturated heterocycles. The fraction of sp³-hybridized carbons (Fsp3) is 0. The number of nitriles is 1. The van der Waals surface area contributed by atoms with Crippen molar-refractivity contribution < 1.29 is 9.21 Å². The van der Waals surface area contributed by atoms with Crippen LogP contribution in [-0.4, -0.2) is 10.9 Å². The van der Waals surface area contributed by atoms with Crippen LogP contribution >= 0.6 is 11.6 Å². The van der Waals surface area contributed by atoms with Gasteiger partial charge in [0, 0.05) is 11.3 Å². The Hall–Kier alpha value is -3.10. The van der Waals surface area contributed by atoms with Crippen LogP contribution < -0.4 is 5.32 Å². The minimum Gasteiger partial charge on any atom is -0.443 e. The molecule has 0 fully saturated rings. The lowest BCUT2D eigenvalue weighted by Gasteiger charge is -2.05. The summed E-state index contributed by atoms with van der Waals surface area (Å²) in [6.45, 7) is 0. The van der Waals surface area contributed by atoms with E-state index in [-0.39, 0.29) is 5.69 Å². The average Bonchev–Trinajstić information content (AvgIpc) is 3.05. The van der Waals surface area contributed by atoms with Gasteiger partial charge in [0.15, 0.2) is 17.8 Å². The Morgan fingerprint density at radius 1 is 1.22 bits per heavy atom. The Bertz CT molecular complexity index is 912. The van der Waals surface area contributed by atoms with Gasteiger partial charge < -0.3 is 9.73 Å². The predicted molar refractivity (Wildman–Crippen MR) is 86.1 cm³/mol. The van der Waals surface area contributed by atoms with Gasteiger partial charge in [-0.25, -0.2) is 4.98 Å². The molecule has 3 aromatic rings. The zero-order valence-electron chi connectivity index (χ0n) is 11.8. The van der Waals surface area contributed by atoms with Gasteiger partial charge in [0.1, 0.15) is 0 Å². The monoisotopic (exact) mass is 323 g/mol. The summed E-state index contributed by atoms with van der Waals surface area (Å²) in [5.74, 6) is -0.145. The van der Waals surface area contributed by atoms with Crippen molar-refractivity contribution in [3.05, 3.63) is 71.2 Å². The number of benzene rings is 2. The number of hydrogen-bond donors (Lipinski definition) is 1. The molecule has 0 aliphatic heterocycles. The van der Waals surface area contributed by atoms with E-state index in [1.165, 1.54) is 6.39 Å². The molecule has 0 radical (unpaired) electrons. The van der Waals surface area contributed by atoms with Crippen molar-refractivity contribution in [2.24, 2.45) is 0 Å². The van der Waals surface area contributed by atoms with E-state index in [0.717, 1.165) is 0 Å². The number of aromatic nitrogens is 1. The standard InChI is InChI=1S/C17H10ClN3O2/c18-14-7-2-1-6-13(14)16-15(20-10-23-16)17(22)21-12-5-3-4-11(8-12)9-19/h1-8,10H,(H,21,22). The van der Waals surface area contributed by atoms with Crippen molar-refractivity contribution in [1.82, 2.24) is 4.98 Å². The van der Waals surface area contributed by atoms with Gasteiger partial charge >= 0.3 is 0 Å². The van der Waals surface area contributed by atoms with Crippen LogP contribution in [0.15, 0.2) is 59.3 Å². The highest BCUT2D eigenvalue weighted by molar-refractivity contribution is 6.33. The second-order valence-electron chi connectivity index (χ2n) is 4.66. The van der Waals surface area contributed by atoms with Crippen molar-refractivity contribution in [3.63, 3.8) is 0 Å². The summed E-state index contributed by atoms with van der Waals surface area (Å²) in [4.78, 5) is 16.4. The maximum absolute atomic E-state index is 12.4. The summed E-state index contributed by atoms with van der Waals surface area (Å²) in [7, 11) is 0. The first-order valence-electron chi connectivity index (χ1n) is 6.69. The van der Waals surface area contributed by atoms with Crippen LogP contribution in [0.25, 0.3) is 11.3 Å². The van der Waals surface area contributed by atoms with E-state index in [9.17, 15) is 4.79 Å². The summed E-state index contributed by atoms with van der Waals surface area (Å²) in [6.07, 6.45) is 1.19. The number of hydrogen-bond acceptors (Lipinski definition) is 4. The topological polar surface area (TPSA) is 78.9 Å². The van der Waals surface area contributed by atoms with Crippen LogP contribution in [0.2, 0.25) is 5.02 Å². The number of rotatable bonds is 3. The largest absolute Gasteiger partial charge is 0.443 e. The molecule has 2 aromatic carbocycles. The highest BCUT2D eigenvalue weighted by Crippen LogP contribution is 2.30. The van der Waals surface area contributed by atoms with Gasteiger partial charge in [-0.15, -0.1) is 0 Å². The molecule has 1 heterocycles. The lowest BCUT2D eigenvalue weighted by Crippen LogP contribution is -2.13. The van der Waals surface area contributed by atoms with Crippen LogP contribution in [0, 0.1) is 11.3 Å². The second kappa shape index (κ2) is 6.34. The molecule has 0 aliphatic rings. The summed E-state index contributed by atoms with van der Waals surface area (Å²) >= 11 is 6.14. The molecule has 0 atom stereocenters. The van der Waals surface area contributed by atoms with Gasteiger partial charge in [0.05, 0.1) is 16.7 Å². The molecule has 0 spiro atoms. The Kier molecular flexibility index (Phi) is 4.09. The minimum absolute atomic E-state index is 0.125. The molecule has 0 bridgehead atoms. The zero-order valence-corrected chi connectivity index (χ0v) is 12.5. The number of amides is 1. The maximum Gasteiger partial charge on any atom is 0.278 e. The number of nitrogens with zero attached hydrogens (tertiary/aromatic N) is 2. The van der Waals surface area contributed by atoms with Crippen LogP contribution in [0.4, 0.5) is 5.69 Å². The van der Waals surface area contributed by atoms with E-state index in [0.29, 0.717) is 27.6 Å². The highest BCUT2D eigenvalue weighted by Gasteiger charge is 2.20. The van der Waals surface area contributed by atoms with E-state index in [2.05, 4.69) is 10.3 Å². The van der Waals surface area contributed by atoms with Crippen LogP contribution in [-0.2, 0) is 0 Å². The Morgan fingerprint density at radius 3 is 2.83 bits per heavy atom. The van der Waals surface area contributed by atoms with Gasteiger partial charge in [-0.3, -0.25) is 4.79 Å². The molecular formula is C17H10ClN3O2. The highest BCUT2D eigenvalue weighted by atomic mass is 35.5. The van der Waals surface area contributed by atoms with Gasteiger partial charge in [0.25, 0.3) is 5.91 Å². The van der Waals surface area contributed by atoms with Gasteiger partial charge in [0.2, 0.25) is 0 Å². The Balaban J connectivity index is 1.91. The molecule has 5 nitrogen and oxygen atoms in total. The Labute approximate surface area is 137 Å². The third-order valence-corrected chi connectivity index (χ3v) is 3.48. The Morgan fingerprint density at radius 2 is 2.04 bits per heavy atom. The molecule has 1 N–H and O–H groups in total. The third-order valence-electron chi connectivity index (χ3n) is 3.15. The number of carbonyl (C=O) groups excluding carboxylic acids is 1. The quantitative estimate of drug-likeness (QED) is 0.786. The normalized spacial score (nSPS) is 10.1. The van der Waals surface area contributed by atoms with E-state index >= 15 is 0 Å². The number of oxazole rings is 1. The lowest BCUT2D eigenvalue weighted by atomic mass is 10.1. The molecule has 3 rings (SSSR count). The first-order chi connectivity index (χ1) is 11.2. The predicted octanol–water partition coefficient (Wildman–Crippen LogP) is 4.12. The van der Waals surface area contributed by atoms with Crippen LogP contribution in [0.1, 0.15) is 16.1 Å². The molecule has 0 saturated carbocycles. The molecule has 6 heteroatoms. The van der Waals surface area contributed by atoms with Crippen molar-refractivity contribution >= 4 is 23.2 Å². The fourth-order valence-electron chi connectivity index (χ4n) is 2.10. The summed E-state index contributed by atoms with van der Waals surface area (Å²) < 4.78 is 5.33. The number of halogens is 1. The van der Waals surface area contributed by atoms with Gasteiger partial charge in [-0.2, -0.15) is 5.26 Å². The summed E-state index contributed by atoms with van der Waals surface area (Å²) in [5.41, 5.74) is 1.67. The van der Waals surface area contributed by atoms with E-state index in [1.807, 2.05) is 6.07 Å². The van der Waals surface area contributed by atoms with Crippen molar-refractivity contribution in [2.75, 3.05) is 5.32 Å². The molecule has 23 heavy (non-hydrogen) atoms. The molecule has 1 amide bonds. The smallest absolute Gasteiger partial charge is 0.278 e. The molecular weight excluding hydrogens is 314 g/mol.